The first kappa shape index (κ1) is 23.1. The fourth-order valence-electron chi connectivity index (χ4n) is 5.06. The monoisotopic (exact) mass is 482 g/mol. The van der Waals surface area contributed by atoms with E-state index in [4.69, 9.17) is 11.6 Å². The molecule has 0 spiro atoms. The Kier molecular flexibility index (Phi) is 6.20. The van der Waals surface area contributed by atoms with Gasteiger partial charge in [0.15, 0.2) is 0 Å². The van der Waals surface area contributed by atoms with Crippen molar-refractivity contribution < 1.29 is 9.59 Å². The number of hydrogen-bond acceptors (Lipinski definition) is 6. The normalized spacial score (nSPS) is 24.4. The molecule has 34 heavy (non-hydrogen) atoms. The average Bonchev–Trinajstić information content (AvgIpc) is 3.60. The van der Waals surface area contributed by atoms with E-state index in [1.807, 2.05) is 42.3 Å². The molecule has 0 bridgehead atoms. The Bertz CT molecular complexity index is 1090. The van der Waals surface area contributed by atoms with E-state index in [9.17, 15) is 9.59 Å². The van der Waals surface area contributed by atoms with Gasteiger partial charge in [0, 0.05) is 48.9 Å². The molecule has 3 heterocycles. The number of benzene rings is 1. The number of aromatic nitrogens is 2. The predicted molar refractivity (Wildman–Crippen MR) is 132 cm³/mol. The number of carbonyl (C=O) groups excluding carboxylic acids is 2. The fourth-order valence-corrected chi connectivity index (χ4v) is 5.18. The second-order valence-corrected chi connectivity index (χ2v) is 10.3. The molecule has 180 valence electrons. The molecule has 2 aliphatic heterocycles. The summed E-state index contributed by atoms with van der Waals surface area (Å²) in [7, 11) is 0. The Morgan fingerprint density at radius 1 is 1.24 bits per heavy atom. The van der Waals surface area contributed by atoms with E-state index in [0.717, 1.165) is 17.5 Å². The molecule has 4 atom stereocenters. The highest BCUT2D eigenvalue weighted by molar-refractivity contribution is 6.30. The van der Waals surface area contributed by atoms with Crippen molar-refractivity contribution >= 4 is 35.2 Å². The molecule has 1 saturated carbocycles. The molecule has 1 aliphatic carbocycles. The number of rotatable bonds is 6. The van der Waals surface area contributed by atoms with Crippen molar-refractivity contribution in [3.8, 4) is 0 Å². The number of nitrogens with zero attached hydrogens (tertiary/aromatic N) is 4. The lowest BCUT2D eigenvalue weighted by molar-refractivity contribution is -0.133. The van der Waals surface area contributed by atoms with Gasteiger partial charge in [0.25, 0.3) is 0 Å². The van der Waals surface area contributed by atoms with E-state index in [-0.39, 0.29) is 41.8 Å². The second kappa shape index (κ2) is 9.15. The highest BCUT2D eigenvalue weighted by atomic mass is 35.5. The van der Waals surface area contributed by atoms with Gasteiger partial charge in [0.1, 0.15) is 5.82 Å². The molecule has 0 radical (unpaired) electrons. The van der Waals surface area contributed by atoms with Gasteiger partial charge < -0.3 is 20.4 Å². The summed E-state index contributed by atoms with van der Waals surface area (Å²) in [6.45, 7) is 8.06. The minimum absolute atomic E-state index is 0.00684. The number of halogens is 1. The first-order valence-electron chi connectivity index (χ1n) is 12.0. The van der Waals surface area contributed by atoms with E-state index >= 15 is 0 Å². The van der Waals surface area contributed by atoms with E-state index < -0.39 is 0 Å². The minimum atomic E-state index is -0.260. The number of nitrogens with one attached hydrogen (secondary N) is 2. The lowest BCUT2D eigenvalue weighted by atomic mass is 9.96. The zero-order valence-electron chi connectivity index (χ0n) is 19.8. The maximum atomic E-state index is 13.7. The molecule has 2 aromatic rings. The van der Waals surface area contributed by atoms with Crippen LogP contribution < -0.4 is 15.5 Å². The highest BCUT2D eigenvalue weighted by Crippen LogP contribution is 2.41. The topological polar surface area (TPSA) is 90.5 Å². The lowest BCUT2D eigenvalue weighted by Gasteiger charge is -2.36. The average molecular weight is 483 g/mol. The van der Waals surface area contributed by atoms with Gasteiger partial charge in [-0.05, 0) is 30.0 Å². The molecule has 8 nitrogen and oxygen atoms in total. The SMILES string of the molecule is CC(C)NCC(C(=O)N1CCN(c2ncc3c(n2)NC(=O)C[C@H]3C)[C@H]2C[C@H]21)c1ccc(Cl)cc1. The third-order valence-electron chi connectivity index (χ3n) is 7.03. The predicted octanol–water partition coefficient (Wildman–Crippen LogP) is 3.15. The largest absolute Gasteiger partial charge is 0.335 e. The number of anilines is 2. The summed E-state index contributed by atoms with van der Waals surface area (Å²) in [6, 6.07) is 8.24. The summed E-state index contributed by atoms with van der Waals surface area (Å²) in [5, 5.41) is 6.99. The number of piperazine rings is 1. The summed E-state index contributed by atoms with van der Waals surface area (Å²) < 4.78 is 0. The number of hydrogen-bond donors (Lipinski definition) is 2. The van der Waals surface area contributed by atoms with Gasteiger partial charge in [-0.2, -0.15) is 4.98 Å². The molecule has 2 amide bonds. The van der Waals surface area contributed by atoms with Crippen LogP contribution in [0.1, 0.15) is 56.6 Å². The Balaban J connectivity index is 1.31. The van der Waals surface area contributed by atoms with Crippen molar-refractivity contribution in [3.05, 3.63) is 46.6 Å². The number of fused-ring (bicyclic) bond motifs is 2. The van der Waals surface area contributed by atoms with Crippen molar-refractivity contribution in [1.29, 1.82) is 0 Å². The smallest absolute Gasteiger partial charge is 0.231 e. The maximum Gasteiger partial charge on any atom is 0.231 e. The molecule has 2 N–H and O–H groups in total. The van der Waals surface area contributed by atoms with Crippen LogP contribution in [0.2, 0.25) is 5.02 Å². The van der Waals surface area contributed by atoms with Crippen LogP contribution in [0.5, 0.6) is 0 Å². The first-order valence-corrected chi connectivity index (χ1v) is 12.4. The van der Waals surface area contributed by atoms with Crippen LogP contribution in [0.4, 0.5) is 11.8 Å². The van der Waals surface area contributed by atoms with E-state index in [1.165, 1.54) is 0 Å². The Morgan fingerprint density at radius 3 is 2.74 bits per heavy atom. The van der Waals surface area contributed by atoms with Crippen LogP contribution in [0.25, 0.3) is 0 Å². The Hall–Kier alpha value is -2.71. The maximum absolute atomic E-state index is 13.7. The van der Waals surface area contributed by atoms with Gasteiger partial charge >= 0.3 is 0 Å². The van der Waals surface area contributed by atoms with Gasteiger partial charge in [-0.3, -0.25) is 9.59 Å². The molecular formula is C25H31ClN6O2. The van der Waals surface area contributed by atoms with Crippen molar-refractivity contribution in [2.75, 3.05) is 29.9 Å². The molecule has 1 aromatic heterocycles. The summed E-state index contributed by atoms with van der Waals surface area (Å²) in [4.78, 5) is 39.2. The molecule has 3 aliphatic rings. The van der Waals surface area contributed by atoms with Crippen molar-refractivity contribution in [2.24, 2.45) is 0 Å². The van der Waals surface area contributed by atoms with Gasteiger partial charge in [-0.25, -0.2) is 4.98 Å². The highest BCUT2D eigenvalue weighted by Gasteiger charge is 2.52. The molecule has 1 saturated heterocycles. The van der Waals surface area contributed by atoms with Crippen molar-refractivity contribution in [3.63, 3.8) is 0 Å². The van der Waals surface area contributed by atoms with Crippen LogP contribution in [-0.4, -0.2) is 64.4 Å². The van der Waals surface area contributed by atoms with Crippen LogP contribution in [0.3, 0.4) is 0 Å². The van der Waals surface area contributed by atoms with E-state index in [2.05, 4.69) is 39.3 Å². The van der Waals surface area contributed by atoms with E-state index in [0.29, 0.717) is 42.8 Å². The Labute approximate surface area is 205 Å². The number of carbonyl (C=O) groups is 2. The van der Waals surface area contributed by atoms with Gasteiger partial charge in [-0.15, -0.1) is 0 Å². The quantitative estimate of drug-likeness (QED) is 0.657. The summed E-state index contributed by atoms with van der Waals surface area (Å²) in [5.74, 6) is 1.24. The third-order valence-corrected chi connectivity index (χ3v) is 7.28. The standard InChI is InChI=1S/C25H31ClN6O2/c1-14(2)27-13-19(16-4-6-17(26)7-5-16)24(34)31-8-9-32(21-11-20(21)31)25-28-12-18-15(3)10-22(33)29-23(18)30-25/h4-7,12,14-15,19-21,27H,8-11,13H2,1-3H3,(H,28,29,30,33)/t15-,19?,20-,21+/m1/s1. The van der Waals surface area contributed by atoms with Crippen LogP contribution in [-0.2, 0) is 9.59 Å². The summed E-state index contributed by atoms with van der Waals surface area (Å²) in [6.07, 6.45) is 3.20. The summed E-state index contributed by atoms with van der Waals surface area (Å²) in [5.41, 5.74) is 1.96. The summed E-state index contributed by atoms with van der Waals surface area (Å²) >= 11 is 6.09. The molecule has 9 heteroatoms. The molecule has 1 aromatic carbocycles. The van der Waals surface area contributed by atoms with Crippen molar-refractivity contribution in [2.45, 2.75) is 63.6 Å². The number of amides is 2. The molecular weight excluding hydrogens is 452 g/mol. The minimum Gasteiger partial charge on any atom is -0.335 e. The van der Waals surface area contributed by atoms with Crippen LogP contribution >= 0.6 is 11.6 Å². The Morgan fingerprint density at radius 2 is 2.00 bits per heavy atom. The van der Waals surface area contributed by atoms with E-state index in [1.54, 1.807) is 0 Å². The van der Waals surface area contributed by atoms with Crippen LogP contribution in [0, 0.1) is 0 Å². The fraction of sp³-hybridized carbons (Fsp3) is 0.520. The molecule has 1 unspecified atom stereocenters. The second-order valence-electron chi connectivity index (χ2n) is 9.89. The van der Waals surface area contributed by atoms with Crippen molar-refractivity contribution in [1.82, 2.24) is 20.2 Å². The van der Waals surface area contributed by atoms with Crippen LogP contribution in [0.15, 0.2) is 30.5 Å². The third kappa shape index (κ3) is 4.49. The van der Waals surface area contributed by atoms with Gasteiger partial charge in [0.2, 0.25) is 17.8 Å². The zero-order valence-corrected chi connectivity index (χ0v) is 20.5. The first-order chi connectivity index (χ1) is 16.3. The zero-order chi connectivity index (χ0) is 24.0. The molecule has 5 rings (SSSR count). The molecule has 2 fully saturated rings. The van der Waals surface area contributed by atoms with Gasteiger partial charge in [-0.1, -0.05) is 44.5 Å². The lowest BCUT2D eigenvalue weighted by Crippen LogP contribution is -2.51. The van der Waals surface area contributed by atoms with Gasteiger partial charge in [0.05, 0.1) is 18.0 Å².